The van der Waals surface area contributed by atoms with E-state index in [2.05, 4.69) is 5.09 Å². The van der Waals surface area contributed by atoms with Gasteiger partial charge >= 0.3 is 31.7 Å². The predicted octanol–water partition coefficient (Wildman–Crippen LogP) is 0.713. The summed E-state index contributed by atoms with van der Waals surface area (Å²) in [6, 6.07) is -0.929. The van der Waals surface area contributed by atoms with Crippen LogP contribution in [0.25, 0.3) is 0 Å². The highest BCUT2D eigenvalue weighted by atomic mass is 31.2. The van der Waals surface area contributed by atoms with Crippen LogP contribution in [0.5, 0.6) is 0 Å². The third-order valence-electron chi connectivity index (χ3n) is 4.38. The lowest BCUT2D eigenvalue weighted by atomic mass is 9.92. The first-order valence-corrected chi connectivity index (χ1v) is 11.2. The molecule has 2 heterocycles. The zero-order chi connectivity index (χ0) is 23.3. The molecule has 0 aromatic carbocycles. The van der Waals surface area contributed by atoms with Crippen molar-refractivity contribution in [2.45, 2.75) is 65.1 Å². The first-order valence-electron chi connectivity index (χ1n) is 9.66. The van der Waals surface area contributed by atoms with Crippen LogP contribution in [0.2, 0.25) is 0 Å². The number of amides is 1. The molecule has 0 spiro atoms. The number of fused-ring (bicyclic) bond motifs is 1. The van der Waals surface area contributed by atoms with Gasteiger partial charge in [-0.1, -0.05) is 0 Å². The fraction of sp³-hybridized carbons (Fsp3) is 0.765. The lowest BCUT2D eigenvalue weighted by molar-refractivity contribution is -0.207. The van der Waals surface area contributed by atoms with Crippen molar-refractivity contribution < 1.29 is 51.7 Å². The molecule has 2 rings (SSSR count). The number of nitrogens with zero attached hydrogens (tertiary/aromatic N) is 1. The van der Waals surface area contributed by atoms with Gasteiger partial charge in [-0.05, 0) is 13.8 Å². The first kappa shape index (κ1) is 25.1. The van der Waals surface area contributed by atoms with E-state index in [1.165, 1.54) is 0 Å². The van der Waals surface area contributed by atoms with Gasteiger partial charge in [0.15, 0.2) is 18.3 Å². The van der Waals surface area contributed by atoms with E-state index in [9.17, 15) is 23.7 Å². The Hall–Kier alpha value is -2.21. The van der Waals surface area contributed by atoms with Gasteiger partial charge in [0.1, 0.15) is 18.8 Å². The molecule has 0 radical (unpaired) electrons. The van der Waals surface area contributed by atoms with E-state index in [4.69, 9.17) is 28.0 Å². The molecule has 1 N–H and O–H groups in total. The van der Waals surface area contributed by atoms with Crippen molar-refractivity contribution in [2.75, 3.05) is 19.8 Å². The van der Waals surface area contributed by atoms with Crippen LogP contribution in [0.15, 0.2) is 0 Å². The summed E-state index contributed by atoms with van der Waals surface area (Å²) in [6.45, 7) is 6.32. The van der Waals surface area contributed by atoms with Crippen LogP contribution in [-0.4, -0.2) is 79.2 Å². The fourth-order valence-corrected chi connectivity index (χ4v) is 5.00. The van der Waals surface area contributed by atoms with Crippen LogP contribution in [0.1, 0.15) is 34.6 Å². The number of cyclic esters (lactones) is 1. The Balaban J connectivity index is 2.56. The topological polar surface area (TPSA) is 156 Å². The highest BCUT2D eigenvalue weighted by Gasteiger charge is 2.60. The van der Waals surface area contributed by atoms with Crippen molar-refractivity contribution in [1.82, 2.24) is 9.99 Å². The number of hydrogen-bond acceptors (Lipinski definition) is 11. The average molecular weight is 466 g/mol. The van der Waals surface area contributed by atoms with Crippen molar-refractivity contribution in [3.63, 3.8) is 0 Å². The van der Waals surface area contributed by atoms with Gasteiger partial charge in [-0.2, -0.15) is 5.09 Å². The number of rotatable bonds is 9. The van der Waals surface area contributed by atoms with E-state index < -0.39 is 62.3 Å². The van der Waals surface area contributed by atoms with Gasteiger partial charge < -0.3 is 18.9 Å². The molecule has 0 bridgehead atoms. The summed E-state index contributed by atoms with van der Waals surface area (Å²) in [5.41, 5.74) is 0. The fourth-order valence-electron chi connectivity index (χ4n) is 3.50. The molecular formula is C17H27N2O11P. The molecule has 2 aliphatic rings. The number of piperidine rings is 1. The molecule has 0 aliphatic carbocycles. The summed E-state index contributed by atoms with van der Waals surface area (Å²) < 4.78 is 44.6. The van der Waals surface area contributed by atoms with Gasteiger partial charge in [-0.3, -0.25) is 28.3 Å². The van der Waals surface area contributed by atoms with E-state index in [-0.39, 0.29) is 19.8 Å². The predicted molar refractivity (Wildman–Crippen MR) is 101 cm³/mol. The van der Waals surface area contributed by atoms with Crippen molar-refractivity contribution in [3.05, 3.63) is 0 Å². The van der Waals surface area contributed by atoms with Crippen LogP contribution < -0.4 is 5.09 Å². The van der Waals surface area contributed by atoms with Crippen molar-refractivity contribution in [2.24, 2.45) is 0 Å². The number of nitrogens with one attached hydrogen (secondary N) is 1. The van der Waals surface area contributed by atoms with Crippen LogP contribution in [-0.2, 0) is 46.9 Å². The van der Waals surface area contributed by atoms with Gasteiger partial charge in [0.25, 0.3) is 0 Å². The summed E-state index contributed by atoms with van der Waals surface area (Å²) in [5, 5.41) is 2.60. The summed E-state index contributed by atoms with van der Waals surface area (Å²) in [4.78, 5) is 48.9. The molecule has 2 saturated heterocycles. The van der Waals surface area contributed by atoms with Crippen LogP contribution in [0, 0.1) is 0 Å². The SMILES string of the molecule is CCOP(=O)(N[C@@H]1C(OC(C)=O)C(OC(C)=O)[C@H](OC(C)=O)C2COC(=O)N21)OCC. The molecule has 5 atom stereocenters. The highest BCUT2D eigenvalue weighted by molar-refractivity contribution is 7.51. The average Bonchev–Trinajstić information content (AvgIpc) is 3.02. The smallest absolute Gasteiger partial charge is 0.411 e. The van der Waals surface area contributed by atoms with Crippen LogP contribution in [0.4, 0.5) is 4.79 Å². The molecule has 0 saturated carbocycles. The van der Waals surface area contributed by atoms with Crippen molar-refractivity contribution in [3.8, 4) is 0 Å². The van der Waals surface area contributed by atoms with Crippen molar-refractivity contribution in [1.29, 1.82) is 0 Å². The van der Waals surface area contributed by atoms with Gasteiger partial charge in [0, 0.05) is 20.8 Å². The Morgan fingerprint density at radius 2 is 1.45 bits per heavy atom. The molecule has 2 fully saturated rings. The maximum absolute atomic E-state index is 13.1. The zero-order valence-corrected chi connectivity index (χ0v) is 18.8. The quantitative estimate of drug-likeness (QED) is 0.289. The van der Waals surface area contributed by atoms with Gasteiger partial charge in [0.2, 0.25) is 0 Å². The molecular weight excluding hydrogens is 439 g/mol. The number of esters is 3. The monoisotopic (exact) mass is 466 g/mol. The van der Waals surface area contributed by atoms with Gasteiger partial charge in [-0.25, -0.2) is 9.36 Å². The van der Waals surface area contributed by atoms with E-state index in [1.54, 1.807) is 13.8 Å². The molecule has 13 nitrogen and oxygen atoms in total. The summed E-state index contributed by atoms with van der Waals surface area (Å²) in [6.07, 6.45) is -6.17. The van der Waals surface area contributed by atoms with Crippen molar-refractivity contribution >= 4 is 31.7 Å². The Kier molecular flexibility index (Phi) is 8.41. The van der Waals surface area contributed by atoms with E-state index in [1.807, 2.05) is 0 Å². The number of hydrogen-bond donors (Lipinski definition) is 1. The van der Waals surface area contributed by atoms with E-state index in [0.717, 1.165) is 25.7 Å². The maximum Gasteiger partial charge on any atom is 0.411 e. The molecule has 0 aromatic rings. The summed E-state index contributed by atoms with van der Waals surface area (Å²) in [7, 11) is -3.99. The standard InChI is InChI=1S/C17H27N2O11P/c1-6-26-31(24,27-7-2)18-16-15(30-11(5)22)14(29-10(4)21)13(28-9(3)20)12-8-25-17(23)19(12)16/h12-16H,6-8H2,1-5H3,(H,18,24)/t12?,13-,14?,15?,16+/m1/s1. The normalized spacial score (nSPS) is 27.8. The number of ether oxygens (including phenoxy) is 4. The lowest BCUT2D eigenvalue weighted by Crippen LogP contribution is -2.71. The van der Waals surface area contributed by atoms with Crippen LogP contribution in [0.3, 0.4) is 0 Å². The third kappa shape index (κ3) is 5.94. The molecule has 0 aromatic heterocycles. The molecule has 1 amide bonds. The Morgan fingerprint density at radius 3 is 1.94 bits per heavy atom. The summed E-state index contributed by atoms with van der Waals surface area (Å²) in [5.74, 6) is -2.26. The molecule has 2 aliphatic heterocycles. The lowest BCUT2D eigenvalue weighted by Gasteiger charge is -2.47. The second-order valence-electron chi connectivity index (χ2n) is 6.68. The number of carbonyl (C=O) groups is 4. The minimum absolute atomic E-state index is 0.00650. The number of carbonyl (C=O) groups excluding carboxylic acids is 4. The highest BCUT2D eigenvalue weighted by Crippen LogP contribution is 2.46. The first-order chi connectivity index (χ1) is 14.5. The Bertz CT molecular complexity index is 750. The minimum atomic E-state index is -3.99. The second kappa shape index (κ2) is 10.4. The Labute approximate surface area is 179 Å². The Morgan fingerprint density at radius 1 is 0.968 bits per heavy atom. The largest absolute Gasteiger partial charge is 0.456 e. The van der Waals surface area contributed by atoms with Gasteiger partial charge in [0.05, 0.1) is 13.2 Å². The molecule has 3 unspecified atom stereocenters. The zero-order valence-electron chi connectivity index (χ0n) is 17.9. The third-order valence-corrected chi connectivity index (χ3v) is 6.16. The van der Waals surface area contributed by atoms with E-state index in [0.29, 0.717) is 0 Å². The van der Waals surface area contributed by atoms with Crippen LogP contribution >= 0.6 is 7.75 Å². The van der Waals surface area contributed by atoms with E-state index >= 15 is 0 Å². The maximum atomic E-state index is 13.1. The van der Waals surface area contributed by atoms with Gasteiger partial charge in [-0.15, -0.1) is 0 Å². The summed E-state index contributed by atoms with van der Waals surface area (Å²) >= 11 is 0. The second-order valence-corrected chi connectivity index (χ2v) is 8.45. The molecule has 176 valence electrons. The molecule has 31 heavy (non-hydrogen) atoms. The minimum Gasteiger partial charge on any atom is -0.456 e. The molecule has 14 heteroatoms.